The Bertz CT molecular complexity index is 544. The van der Waals surface area contributed by atoms with E-state index in [2.05, 4.69) is 0 Å². The first kappa shape index (κ1) is 14.4. The highest BCUT2D eigenvalue weighted by Gasteiger charge is 2.34. The third-order valence-electron chi connectivity index (χ3n) is 4.50. The maximum absolute atomic E-state index is 12.9. The molecule has 0 spiro atoms. The summed E-state index contributed by atoms with van der Waals surface area (Å²) in [7, 11) is 0. The molecule has 0 saturated heterocycles. The smallest absolute Gasteiger partial charge is 0.230 e. The van der Waals surface area contributed by atoms with Crippen molar-refractivity contribution in [3.05, 3.63) is 23.8 Å². The van der Waals surface area contributed by atoms with E-state index in [-0.39, 0.29) is 24.0 Å². The normalized spacial score (nSPS) is 28.7. The van der Waals surface area contributed by atoms with Crippen molar-refractivity contribution >= 4 is 11.6 Å². The lowest BCUT2D eigenvalue weighted by Crippen LogP contribution is -2.46. The molecule has 1 fully saturated rings. The van der Waals surface area contributed by atoms with Crippen LogP contribution >= 0.6 is 0 Å². The number of ether oxygens (including phenoxy) is 1. The summed E-state index contributed by atoms with van der Waals surface area (Å²) >= 11 is 0. The number of nitrogens with zero attached hydrogens (tertiary/aromatic N) is 1. The molecule has 114 valence electrons. The topological polar surface area (TPSA) is 55.6 Å². The molecule has 0 aromatic heterocycles. The van der Waals surface area contributed by atoms with E-state index in [1.807, 2.05) is 36.9 Å². The highest BCUT2D eigenvalue weighted by atomic mass is 16.5. The van der Waals surface area contributed by atoms with Crippen molar-refractivity contribution in [1.29, 1.82) is 0 Å². The number of hydrogen-bond donors (Lipinski definition) is 1. The second-order valence-corrected chi connectivity index (χ2v) is 6.47. The highest BCUT2D eigenvalue weighted by Crippen LogP contribution is 2.36. The number of hydrogen-bond acceptors (Lipinski definition) is 3. The Morgan fingerprint density at radius 3 is 2.95 bits per heavy atom. The monoisotopic (exact) mass is 288 g/mol. The molecular formula is C17H24N2O2. The van der Waals surface area contributed by atoms with Crippen LogP contribution in [0.15, 0.2) is 18.2 Å². The number of fused-ring (bicyclic) bond motifs is 1. The molecule has 1 amide bonds. The van der Waals surface area contributed by atoms with E-state index in [0.29, 0.717) is 6.54 Å². The SMILES string of the molecule is Cc1ccc2c(c1)O[C@H](C)CN2C(=O)[C@@H]1CCC[C@H](N)C1. The van der Waals surface area contributed by atoms with Gasteiger partial charge in [-0.05, 0) is 50.8 Å². The lowest BCUT2D eigenvalue weighted by Gasteiger charge is -2.37. The molecule has 1 aromatic carbocycles. The molecule has 2 N–H and O–H groups in total. The minimum absolute atomic E-state index is 0.0283. The first-order valence-corrected chi connectivity index (χ1v) is 7.89. The Morgan fingerprint density at radius 1 is 1.38 bits per heavy atom. The maximum atomic E-state index is 12.9. The van der Waals surface area contributed by atoms with E-state index in [1.54, 1.807) is 0 Å². The molecule has 0 radical (unpaired) electrons. The van der Waals surface area contributed by atoms with Gasteiger partial charge < -0.3 is 15.4 Å². The lowest BCUT2D eigenvalue weighted by atomic mass is 9.85. The minimum atomic E-state index is 0.0283. The minimum Gasteiger partial charge on any atom is -0.487 e. The molecule has 1 aliphatic heterocycles. The second-order valence-electron chi connectivity index (χ2n) is 6.47. The molecule has 1 aliphatic carbocycles. The Kier molecular flexibility index (Phi) is 3.89. The molecule has 1 heterocycles. The van der Waals surface area contributed by atoms with Crippen molar-refractivity contribution in [3.8, 4) is 5.75 Å². The van der Waals surface area contributed by atoms with Gasteiger partial charge in [-0.15, -0.1) is 0 Å². The fourth-order valence-corrected chi connectivity index (χ4v) is 3.43. The first-order chi connectivity index (χ1) is 10.0. The van der Waals surface area contributed by atoms with E-state index in [4.69, 9.17) is 10.5 Å². The van der Waals surface area contributed by atoms with Gasteiger partial charge in [0.25, 0.3) is 0 Å². The van der Waals surface area contributed by atoms with E-state index in [9.17, 15) is 4.79 Å². The summed E-state index contributed by atoms with van der Waals surface area (Å²) in [6.07, 6.45) is 3.89. The Hall–Kier alpha value is -1.55. The summed E-state index contributed by atoms with van der Waals surface area (Å²) in [4.78, 5) is 14.8. The molecule has 2 aliphatic rings. The van der Waals surface area contributed by atoms with Crippen molar-refractivity contribution in [3.63, 3.8) is 0 Å². The van der Waals surface area contributed by atoms with E-state index < -0.39 is 0 Å². The molecule has 0 unspecified atom stereocenters. The number of benzene rings is 1. The van der Waals surface area contributed by atoms with E-state index >= 15 is 0 Å². The maximum Gasteiger partial charge on any atom is 0.230 e. The average molecular weight is 288 g/mol. The predicted molar refractivity (Wildman–Crippen MR) is 83.6 cm³/mol. The van der Waals surface area contributed by atoms with Gasteiger partial charge in [0.05, 0.1) is 12.2 Å². The van der Waals surface area contributed by atoms with Crippen LogP contribution in [-0.4, -0.2) is 24.6 Å². The number of anilines is 1. The molecular weight excluding hydrogens is 264 g/mol. The van der Waals surface area contributed by atoms with Crippen LogP contribution in [0, 0.1) is 12.8 Å². The molecule has 3 rings (SSSR count). The van der Waals surface area contributed by atoms with Gasteiger partial charge in [-0.2, -0.15) is 0 Å². The Labute approximate surface area is 126 Å². The van der Waals surface area contributed by atoms with Gasteiger partial charge in [0.15, 0.2) is 0 Å². The third kappa shape index (κ3) is 2.91. The average Bonchev–Trinajstić information content (AvgIpc) is 2.45. The number of carbonyl (C=O) groups is 1. The van der Waals surface area contributed by atoms with Crippen molar-refractivity contribution in [2.75, 3.05) is 11.4 Å². The largest absolute Gasteiger partial charge is 0.487 e. The molecule has 4 heteroatoms. The third-order valence-corrected chi connectivity index (χ3v) is 4.50. The van der Waals surface area contributed by atoms with Crippen LogP contribution in [0.1, 0.15) is 38.2 Å². The van der Waals surface area contributed by atoms with Gasteiger partial charge >= 0.3 is 0 Å². The van der Waals surface area contributed by atoms with Gasteiger partial charge in [0.1, 0.15) is 11.9 Å². The first-order valence-electron chi connectivity index (χ1n) is 7.89. The number of rotatable bonds is 1. The van der Waals surface area contributed by atoms with Crippen molar-refractivity contribution in [1.82, 2.24) is 0 Å². The van der Waals surface area contributed by atoms with Crippen LogP contribution < -0.4 is 15.4 Å². The number of aryl methyl sites for hydroxylation is 1. The zero-order chi connectivity index (χ0) is 15.0. The number of carbonyl (C=O) groups excluding carboxylic acids is 1. The predicted octanol–water partition coefficient (Wildman–Crippen LogP) is 2.63. The molecule has 4 nitrogen and oxygen atoms in total. The second kappa shape index (κ2) is 5.68. The summed E-state index contributed by atoms with van der Waals surface area (Å²) in [6.45, 7) is 4.67. The van der Waals surface area contributed by atoms with Gasteiger partial charge in [-0.1, -0.05) is 12.5 Å². The number of nitrogens with two attached hydrogens (primary N) is 1. The zero-order valence-corrected chi connectivity index (χ0v) is 12.8. The van der Waals surface area contributed by atoms with Gasteiger partial charge in [0.2, 0.25) is 5.91 Å². The summed E-state index contributed by atoms with van der Waals surface area (Å²) in [5.41, 5.74) is 8.09. The summed E-state index contributed by atoms with van der Waals surface area (Å²) in [6, 6.07) is 6.21. The summed E-state index contributed by atoms with van der Waals surface area (Å²) < 4.78 is 5.88. The molecule has 3 atom stereocenters. The fraction of sp³-hybridized carbons (Fsp3) is 0.588. The van der Waals surface area contributed by atoms with Gasteiger partial charge in [0, 0.05) is 12.0 Å². The molecule has 1 aromatic rings. The summed E-state index contributed by atoms with van der Waals surface area (Å²) in [5, 5.41) is 0. The molecule has 21 heavy (non-hydrogen) atoms. The van der Waals surface area contributed by atoms with Crippen LogP contribution in [-0.2, 0) is 4.79 Å². The van der Waals surface area contributed by atoms with E-state index in [0.717, 1.165) is 42.7 Å². The highest BCUT2D eigenvalue weighted by molar-refractivity contribution is 5.97. The van der Waals surface area contributed by atoms with Crippen molar-refractivity contribution in [2.24, 2.45) is 11.7 Å². The fourth-order valence-electron chi connectivity index (χ4n) is 3.43. The molecule has 0 bridgehead atoms. The standard InChI is InChI=1S/C17H24N2O2/c1-11-6-7-15-16(8-11)21-12(2)10-19(15)17(20)13-4-3-5-14(18)9-13/h6-8,12-14H,3-5,9-10,18H2,1-2H3/t12-,13-,14+/m1/s1. The van der Waals surface area contributed by atoms with Crippen LogP contribution in [0.4, 0.5) is 5.69 Å². The number of amides is 1. The van der Waals surface area contributed by atoms with Gasteiger partial charge in [-0.3, -0.25) is 4.79 Å². The van der Waals surface area contributed by atoms with Crippen molar-refractivity contribution in [2.45, 2.75) is 51.7 Å². The zero-order valence-electron chi connectivity index (χ0n) is 12.8. The van der Waals surface area contributed by atoms with E-state index in [1.165, 1.54) is 0 Å². The van der Waals surface area contributed by atoms with Crippen LogP contribution in [0.25, 0.3) is 0 Å². The van der Waals surface area contributed by atoms with Crippen LogP contribution in [0.2, 0.25) is 0 Å². The Balaban J connectivity index is 1.86. The van der Waals surface area contributed by atoms with Crippen LogP contribution in [0.5, 0.6) is 5.75 Å². The quantitative estimate of drug-likeness (QED) is 0.864. The van der Waals surface area contributed by atoms with Crippen LogP contribution in [0.3, 0.4) is 0 Å². The lowest BCUT2D eigenvalue weighted by molar-refractivity contribution is -0.124. The molecule has 1 saturated carbocycles. The Morgan fingerprint density at radius 2 is 2.19 bits per heavy atom. The van der Waals surface area contributed by atoms with Gasteiger partial charge in [-0.25, -0.2) is 0 Å². The summed E-state index contributed by atoms with van der Waals surface area (Å²) in [5.74, 6) is 1.10. The van der Waals surface area contributed by atoms with Crippen molar-refractivity contribution < 1.29 is 9.53 Å².